The lowest BCUT2D eigenvalue weighted by Gasteiger charge is -2.19. The monoisotopic (exact) mass is 599 g/mol. The zero-order valence-electron chi connectivity index (χ0n) is 20.0. The van der Waals surface area contributed by atoms with Gasteiger partial charge >= 0.3 is 17.8 Å². The Hall–Kier alpha value is -4.11. The van der Waals surface area contributed by atoms with Gasteiger partial charge in [-0.1, -0.05) is 24.6 Å². The fraction of sp³-hybridized carbons (Fsp3) is 0.167. The topological polar surface area (TPSA) is 113 Å². The molecule has 0 bridgehead atoms. The maximum absolute atomic E-state index is 13.9. The van der Waals surface area contributed by atoms with E-state index in [4.69, 9.17) is 16.0 Å². The second kappa shape index (κ2) is 9.52. The van der Waals surface area contributed by atoms with Gasteiger partial charge in [0.25, 0.3) is 0 Å². The number of hydrogen-bond acceptors (Lipinski definition) is 7. The predicted octanol–water partition coefficient (Wildman–Crippen LogP) is 5.33. The Kier molecular flexibility index (Phi) is 6.53. The fourth-order valence-corrected chi connectivity index (χ4v) is 4.96. The first-order valence-corrected chi connectivity index (χ1v) is 13.3. The van der Waals surface area contributed by atoms with E-state index in [9.17, 15) is 35.2 Å². The predicted molar refractivity (Wildman–Crippen MR) is 133 cm³/mol. The lowest BCUT2D eigenvalue weighted by atomic mass is 10.1. The summed E-state index contributed by atoms with van der Waals surface area (Å²) < 4.78 is 99.5. The summed E-state index contributed by atoms with van der Waals surface area (Å²) in [5, 5.41) is 4.37. The molecule has 0 unspecified atom stereocenters. The maximum Gasteiger partial charge on any atom is 0.458 e. The molecular formula is C24H15ClF5N5O4S. The molecule has 0 spiro atoms. The number of pyridine rings is 1. The number of nitrogens with zero attached hydrogens (tertiary/aromatic N) is 5. The summed E-state index contributed by atoms with van der Waals surface area (Å²) >= 11 is 6.00. The van der Waals surface area contributed by atoms with Gasteiger partial charge in [0.1, 0.15) is 17.5 Å². The molecule has 5 aromatic rings. The molecule has 0 N–H and O–H groups in total. The van der Waals surface area contributed by atoms with E-state index in [1.165, 1.54) is 25.4 Å². The van der Waals surface area contributed by atoms with Gasteiger partial charge < -0.3 is 4.42 Å². The van der Waals surface area contributed by atoms with Crippen molar-refractivity contribution in [2.75, 3.05) is 5.75 Å². The molecule has 0 radical (unpaired) electrons. The van der Waals surface area contributed by atoms with Crippen molar-refractivity contribution in [3.63, 3.8) is 0 Å². The van der Waals surface area contributed by atoms with Gasteiger partial charge in [-0.15, -0.1) is 0 Å². The van der Waals surface area contributed by atoms with E-state index < -0.39 is 50.3 Å². The van der Waals surface area contributed by atoms with Crippen molar-refractivity contribution >= 4 is 32.5 Å². The summed E-state index contributed by atoms with van der Waals surface area (Å²) in [6.07, 6.45) is -4.67. The van der Waals surface area contributed by atoms with Gasteiger partial charge in [-0.3, -0.25) is 0 Å². The number of benzene rings is 2. The van der Waals surface area contributed by atoms with Crippen LogP contribution in [0.2, 0.25) is 5.02 Å². The molecule has 0 amide bonds. The Morgan fingerprint density at radius 1 is 1.00 bits per heavy atom. The third kappa shape index (κ3) is 4.64. The quantitative estimate of drug-likeness (QED) is 0.243. The van der Waals surface area contributed by atoms with Crippen molar-refractivity contribution < 1.29 is 34.8 Å². The number of hydrogen-bond donors (Lipinski definition) is 0. The first-order chi connectivity index (χ1) is 18.7. The lowest BCUT2D eigenvalue weighted by molar-refractivity contribution is -0.289. The number of alkyl halides is 5. The zero-order valence-corrected chi connectivity index (χ0v) is 21.6. The summed E-state index contributed by atoms with van der Waals surface area (Å²) in [5.41, 5.74) is -2.68. The fourth-order valence-electron chi connectivity index (χ4n) is 3.77. The van der Waals surface area contributed by atoms with Crippen LogP contribution >= 0.6 is 11.6 Å². The van der Waals surface area contributed by atoms with Gasteiger partial charge in [0.05, 0.1) is 16.3 Å². The molecule has 0 fully saturated rings. The van der Waals surface area contributed by atoms with Gasteiger partial charge in [0, 0.05) is 10.6 Å². The van der Waals surface area contributed by atoms with Crippen molar-refractivity contribution in [1.82, 2.24) is 24.3 Å². The highest BCUT2D eigenvalue weighted by molar-refractivity contribution is 7.91. The van der Waals surface area contributed by atoms with Crippen LogP contribution < -0.4 is 5.69 Å². The van der Waals surface area contributed by atoms with Crippen molar-refractivity contribution in [2.24, 2.45) is 0 Å². The lowest BCUT2D eigenvalue weighted by Crippen LogP contribution is -2.33. The largest absolute Gasteiger partial charge is 0.458 e. The normalized spacial score (nSPS) is 12.8. The number of oxazole rings is 1. The minimum absolute atomic E-state index is 0.151. The number of fused-ring (bicyclic) bond motifs is 1. The summed E-state index contributed by atoms with van der Waals surface area (Å²) in [5.74, 6) is -6.17. The van der Waals surface area contributed by atoms with E-state index >= 15 is 0 Å². The second-order valence-electron chi connectivity index (χ2n) is 8.37. The molecule has 0 aliphatic heterocycles. The highest BCUT2D eigenvalue weighted by atomic mass is 35.5. The molecule has 40 heavy (non-hydrogen) atoms. The van der Waals surface area contributed by atoms with E-state index in [1.807, 2.05) is 0 Å². The molecule has 2 aromatic carbocycles. The Balaban J connectivity index is 1.66. The summed E-state index contributed by atoms with van der Waals surface area (Å²) in [7, 11) is -3.98. The minimum atomic E-state index is -5.85. The summed E-state index contributed by atoms with van der Waals surface area (Å²) in [6.45, 7) is 1.36. The SMILES string of the molecule is CCS(=O)(=O)c1ccc(-n2ncn(-c3cccc(Cl)c3)c2=O)nc1-c1nc2cc(C(F)(F)C(F)(F)F)ccc2o1. The van der Waals surface area contributed by atoms with Crippen molar-refractivity contribution in [1.29, 1.82) is 0 Å². The van der Waals surface area contributed by atoms with Crippen molar-refractivity contribution in [2.45, 2.75) is 23.9 Å². The maximum atomic E-state index is 13.9. The number of aromatic nitrogens is 5. The molecule has 0 saturated heterocycles. The van der Waals surface area contributed by atoms with Gasteiger partial charge in [0.2, 0.25) is 5.89 Å². The first kappa shape index (κ1) is 27.5. The molecule has 5 rings (SSSR count). The van der Waals surface area contributed by atoms with Gasteiger partial charge in [-0.05, 0) is 48.5 Å². The van der Waals surface area contributed by atoms with Crippen LogP contribution in [-0.2, 0) is 15.8 Å². The smallest absolute Gasteiger partial charge is 0.435 e. The molecule has 16 heteroatoms. The minimum Gasteiger partial charge on any atom is -0.435 e. The van der Waals surface area contributed by atoms with Crippen LogP contribution in [0.25, 0.3) is 34.2 Å². The third-order valence-electron chi connectivity index (χ3n) is 5.84. The highest BCUT2D eigenvalue weighted by Crippen LogP contribution is 2.44. The Bertz CT molecular complexity index is 1930. The van der Waals surface area contributed by atoms with Crippen LogP contribution in [-0.4, -0.2) is 44.7 Å². The van der Waals surface area contributed by atoms with Gasteiger partial charge in [-0.2, -0.15) is 31.7 Å². The van der Waals surface area contributed by atoms with Crippen LogP contribution in [0.3, 0.4) is 0 Å². The Morgan fingerprint density at radius 3 is 2.42 bits per heavy atom. The molecular weight excluding hydrogens is 585 g/mol. The van der Waals surface area contributed by atoms with Crippen LogP contribution in [0.5, 0.6) is 0 Å². The number of rotatable bonds is 6. The first-order valence-electron chi connectivity index (χ1n) is 11.3. The number of sulfone groups is 1. The van der Waals surface area contributed by atoms with Crippen LogP contribution in [0, 0.1) is 0 Å². The van der Waals surface area contributed by atoms with Crippen LogP contribution in [0.15, 0.2) is 75.0 Å². The van der Waals surface area contributed by atoms with E-state index in [1.54, 1.807) is 18.2 Å². The van der Waals surface area contributed by atoms with Crippen LogP contribution in [0.4, 0.5) is 22.0 Å². The summed E-state index contributed by atoms with van der Waals surface area (Å²) in [6, 6.07) is 10.6. The molecule has 0 atom stereocenters. The summed E-state index contributed by atoms with van der Waals surface area (Å²) in [4.78, 5) is 20.9. The van der Waals surface area contributed by atoms with Gasteiger partial charge in [0.15, 0.2) is 21.2 Å². The zero-order chi connectivity index (χ0) is 29.0. The van der Waals surface area contributed by atoms with E-state index in [0.29, 0.717) is 22.8 Å². The molecule has 9 nitrogen and oxygen atoms in total. The molecule has 208 valence electrons. The van der Waals surface area contributed by atoms with Crippen molar-refractivity contribution in [3.05, 3.63) is 82.0 Å². The molecule has 3 aromatic heterocycles. The average Bonchev–Trinajstić information content (AvgIpc) is 3.50. The van der Waals surface area contributed by atoms with Crippen molar-refractivity contribution in [3.8, 4) is 23.1 Å². The number of halogens is 6. The van der Waals surface area contributed by atoms with Crippen LogP contribution in [0.1, 0.15) is 12.5 Å². The van der Waals surface area contributed by atoms with E-state index in [2.05, 4.69) is 15.1 Å². The average molecular weight is 600 g/mol. The third-order valence-corrected chi connectivity index (χ3v) is 7.84. The molecule has 0 aliphatic carbocycles. The highest BCUT2D eigenvalue weighted by Gasteiger charge is 2.58. The molecule has 0 saturated carbocycles. The molecule has 0 aliphatic rings. The second-order valence-corrected chi connectivity index (χ2v) is 11.1. The van der Waals surface area contributed by atoms with E-state index in [-0.39, 0.29) is 22.0 Å². The van der Waals surface area contributed by atoms with E-state index in [0.717, 1.165) is 21.4 Å². The van der Waals surface area contributed by atoms with Gasteiger partial charge in [-0.25, -0.2) is 27.7 Å². The Morgan fingerprint density at radius 2 is 1.75 bits per heavy atom. The Labute approximate surface area is 226 Å². The molecule has 3 heterocycles. The standard InChI is InChI=1S/C24H15ClF5N5O4S/c1-2-40(37,38)18-8-9-19(35-22(36)34(12-31-35)15-5-3-4-14(25)11-15)33-20(18)21-32-16-10-13(6-7-17(16)39-21)23(26,27)24(28,29)30/h3-12H,2H2,1H3.